The summed E-state index contributed by atoms with van der Waals surface area (Å²) in [4.78, 5) is 48.2. The van der Waals surface area contributed by atoms with Gasteiger partial charge in [-0.2, -0.15) is 0 Å². The predicted octanol–water partition coefficient (Wildman–Crippen LogP) is 1.87. The van der Waals surface area contributed by atoms with Gasteiger partial charge in [-0.1, -0.05) is 12.1 Å². The van der Waals surface area contributed by atoms with Crippen molar-refractivity contribution in [2.75, 3.05) is 11.9 Å². The molecule has 0 radical (unpaired) electrons. The molecule has 1 aliphatic rings. The molecule has 2 aromatic rings. The molecule has 2 N–H and O–H groups in total. The molecule has 122 valence electrons. The van der Waals surface area contributed by atoms with Crippen LogP contribution in [0.3, 0.4) is 0 Å². The Labute approximate surface area is 136 Å². The SMILES string of the molecule is CC(=O)Nc1ccc2c3c(cccc13)C(=O)N(CCC(=O)O)C2=O. The maximum absolute atomic E-state index is 12.6. The number of rotatable bonds is 4. The molecule has 0 aromatic heterocycles. The van der Waals surface area contributed by atoms with Gasteiger partial charge < -0.3 is 10.4 Å². The Balaban J connectivity index is 2.15. The Morgan fingerprint density at radius 3 is 2.38 bits per heavy atom. The molecule has 7 heteroatoms. The summed E-state index contributed by atoms with van der Waals surface area (Å²) in [5.74, 6) is -2.40. The normalized spacial score (nSPS) is 13.3. The van der Waals surface area contributed by atoms with E-state index in [1.165, 1.54) is 6.92 Å². The van der Waals surface area contributed by atoms with E-state index in [0.717, 1.165) is 4.90 Å². The van der Waals surface area contributed by atoms with Crippen LogP contribution in [0.5, 0.6) is 0 Å². The summed E-state index contributed by atoms with van der Waals surface area (Å²) in [6, 6.07) is 8.12. The van der Waals surface area contributed by atoms with Crippen molar-refractivity contribution in [1.29, 1.82) is 0 Å². The molecule has 0 atom stereocenters. The number of benzene rings is 2. The molecule has 3 rings (SSSR count). The fourth-order valence-corrected chi connectivity index (χ4v) is 2.86. The minimum atomic E-state index is -1.08. The number of amides is 3. The molecule has 1 aliphatic heterocycles. The average Bonchev–Trinajstić information content (AvgIpc) is 2.52. The highest BCUT2D eigenvalue weighted by molar-refractivity contribution is 6.27. The highest BCUT2D eigenvalue weighted by Crippen LogP contribution is 2.34. The van der Waals surface area contributed by atoms with E-state index in [-0.39, 0.29) is 18.9 Å². The monoisotopic (exact) mass is 326 g/mol. The summed E-state index contributed by atoms with van der Waals surface area (Å²) in [7, 11) is 0. The second kappa shape index (κ2) is 5.77. The molecule has 0 saturated heterocycles. The van der Waals surface area contributed by atoms with Crippen LogP contribution in [0.15, 0.2) is 30.3 Å². The first-order chi connectivity index (χ1) is 11.4. The molecule has 2 aromatic carbocycles. The van der Waals surface area contributed by atoms with E-state index in [0.29, 0.717) is 27.6 Å². The molecule has 0 unspecified atom stereocenters. The van der Waals surface area contributed by atoms with Crippen LogP contribution in [-0.2, 0) is 9.59 Å². The van der Waals surface area contributed by atoms with Crippen molar-refractivity contribution in [1.82, 2.24) is 4.90 Å². The standard InChI is InChI=1S/C17H14N2O5/c1-9(20)18-13-6-5-12-15-10(13)3-2-4-11(15)16(23)19(17(12)24)8-7-14(21)22/h2-6H,7-8H2,1H3,(H,18,20)(H,21,22). The van der Waals surface area contributed by atoms with Crippen LogP contribution in [-0.4, -0.2) is 40.2 Å². The summed E-state index contributed by atoms with van der Waals surface area (Å²) in [5.41, 5.74) is 1.15. The Kier molecular flexibility index (Phi) is 3.76. The largest absolute Gasteiger partial charge is 0.481 e. The number of carboxylic acid groups (broad SMARTS) is 1. The molecule has 0 saturated carbocycles. The van der Waals surface area contributed by atoms with Crippen LogP contribution in [0.25, 0.3) is 10.8 Å². The van der Waals surface area contributed by atoms with E-state index < -0.39 is 17.8 Å². The average molecular weight is 326 g/mol. The molecular formula is C17H14N2O5. The number of hydrogen-bond donors (Lipinski definition) is 2. The van der Waals surface area contributed by atoms with E-state index >= 15 is 0 Å². The lowest BCUT2D eigenvalue weighted by Crippen LogP contribution is -2.41. The number of imide groups is 1. The van der Waals surface area contributed by atoms with E-state index in [1.807, 2.05) is 0 Å². The molecule has 7 nitrogen and oxygen atoms in total. The van der Waals surface area contributed by atoms with Gasteiger partial charge in [-0.05, 0) is 18.2 Å². The van der Waals surface area contributed by atoms with E-state index in [2.05, 4.69) is 5.32 Å². The third-order valence-electron chi connectivity index (χ3n) is 3.85. The van der Waals surface area contributed by atoms with Crippen molar-refractivity contribution in [2.45, 2.75) is 13.3 Å². The Morgan fingerprint density at radius 2 is 1.75 bits per heavy atom. The molecular weight excluding hydrogens is 312 g/mol. The van der Waals surface area contributed by atoms with Gasteiger partial charge in [-0.15, -0.1) is 0 Å². The molecule has 3 amide bonds. The van der Waals surface area contributed by atoms with Crippen LogP contribution >= 0.6 is 0 Å². The maximum atomic E-state index is 12.6. The number of hydrogen-bond acceptors (Lipinski definition) is 4. The van der Waals surface area contributed by atoms with Gasteiger partial charge in [0.1, 0.15) is 0 Å². The lowest BCUT2D eigenvalue weighted by atomic mass is 9.93. The smallest absolute Gasteiger partial charge is 0.305 e. The van der Waals surface area contributed by atoms with Crippen LogP contribution < -0.4 is 5.32 Å². The van der Waals surface area contributed by atoms with Gasteiger partial charge in [-0.3, -0.25) is 24.1 Å². The van der Waals surface area contributed by atoms with Gasteiger partial charge in [0.25, 0.3) is 11.8 Å². The first-order valence-electron chi connectivity index (χ1n) is 7.31. The number of anilines is 1. The van der Waals surface area contributed by atoms with Gasteiger partial charge in [0.15, 0.2) is 0 Å². The number of nitrogens with zero attached hydrogens (tertiary/aromatic N) is 1. The van der Waals surface area contributed by atoms with Crippen LogP contribution in [0.2, 0.25) is 0 Å². The number of carbonyl (C=O) groups excluding carboxylic acids is 3. The van der Waals surface area contributed by atoms with Gasteiger partial charge in [0.05, 0.1) is 6.42 Å². The third-order valence-corrected chi connectivity index (χ3v) is 3.85. The Morgan fingerprint density at radius 1 is 1.08 bits per heavy atom. The van der Waals surface area contributed by atoms with Gasteiger partial charge in [0, 0.05) is 41.1 Å². The first-order valence-corrected chi connectivity index (χ1v) is 7.31. The summed E-state index contributed by atoms with van der Waals surface area (Å²) < 4.78 is 0. The van der Waals surface area contributed by atoms with Crippen LogP contribution in [0.1, 0.15) is 34.1 Å². The topological polar surface area (TPSA) is 104 Å². The van der Waals surface area contributed by atoms with Crippen molar-refractivity contribution < 1.29 is 24.3 Å². The predicted molar refractivity (Wildman–Crippen MR) is 85.9 cm³/mol. The van der Waals surface area contributed by atoms with Crippen LogP contribution in [0.4, 0.5) is 5.69 Å². The number of carbonyl (C=O) groups is 4. The van der Waals surface area contributed by atoms with E-state index in [9.17, 15) is 19.2 Å². The summed E-state index contributed by atoms with van der Waals surface area (Å²) in [5, 5.41) is 12.5. The number of nitrogens with one attached hydrogen (secondary N) is 1. The zero-order valence-electron chi connectivity index (χ0n) is 12.8. The van der Waals surface area contributed by atoms with Crippen molar-refractivity contribution in [3.8, 4) is 0 Å². The van der Waals surface area contributed by atoms with Crippen molar-refractivity contribution >= 4 is 40.2 Å². The highest BCUT2D eigenvalue weighted by atomic mass is 16.4. The minimum Gasteiger partial charge on any atom is -0.481 e. The fraction of sp³-hybridized carbons (Fsp3) is 0.176. The molecule has 0 spiro atoms. The second-order valence-electron chi connectivity index (χ2n) is 5.48. The lowest BCUT2D eigenvalue weighted by Gasteiger charge is -2.27. The molecule has 0 aliphatic carbocycles. The van der Waals surface area contributed by atoms with Crippen LogP contribution in [0, 0.1) is 0 Å². The lowest BCUT2D eigenvalue weighted by molar-refractivity contribution is -0.137. The van der Waals surface area contributed by atoms with Crippen molar-refractivity contribution in [2.24, 2.45) is 0 Å². The minimum absolute atomic E-state index is 0.184. The molecule has 0 fully saturated rings. The highest BCUT2D eigenvalue weighted by Gasteiger charge is 2.33. The second-order valence-corrected chi connectivity index (χ2v) is 5.48. The van der Waals surface area contributed by atoms with Crippen molar-refractivity contribution in [3.63, 3.8) is 0 Å². The van der Waals surface area contributed by atoms with Crippen molar-refractivity contribution in [3.05, 3.63) is 41.5 Å². The zero-order valence-corrected chi connectivity index (χ0v) is 12.8. The number of carboxylic acids is 1. The molecule has 24 heavy (non-hydrogen) atoms. The Hall–Kier alpha value is -3.22. The maximum Gasteiger partial charge on any atom is 0.305 e. The number of aliphatic carboxylic acids is 1. The van der Waals surface area contributed by atoms with Gasteiger partial charge >= 0.3 is 5.97 Å². The van der Waals surface area contributed by atoms with E-state index in [1.54, 1.807) is 30.3 Å². The quantitative estimate of drug-likeness (QED) is 0.835. The van der Waals surface area contributed by atoms with Gasteiger partial charge in [-0.25, -0.2) is 0 Å². The molecule has 1 heterocycles. The zero-order chi connectivity index (χ0) is 17.4. The summed E-state index contributed by atoms with van der Waals surface area (Å²) >= 11 is 0. The Bertz CT molecular complexity index is 881. The summed E-state index contributed by atoms with van der Waals surface area (Å²) in [6.07, 6.45) is -0.313. The van der Waals surface area contributed by atoms with Gasteiger partial charge in [0.2, 0.25) is 5.91 Å². The fourth-order valence-electron chi connectivity index (χ4n) is 2.86. The first kappa shape index (κ1) is 15.7. The molecule has 0 bridgehead atoms. The summed E-state index contributed by atoms with van der Waals surface area (Å²) in [6.45, 7) is 1.19. The third kappa shape index (κ3) is 2.50. The van der Waals surface area contributed by atoms with E-state index in [4.69, 9.17) is 5.11 Å².